The van der Waals surface area contributed by atoms with E-state index >= 15 is 0 Å². The summed E-state index contributed by atoms with van der Waals surface area (Å²) < 4.78 is 21.4. The Balaban J connectivity index is 1.60. The summed E-state index contributed by atoms with van der Waals surface area (Å²) in [6.07, 6.45) is 2.30. The number of benzene rings is 1. The maximum Gasteiger partial charge on any atom is 0.339 e. The van der Waals surface area contributed by atoms with Crippen LogP contribution in [0.25, 0.3) is 5.69 Å². The van der Waals surface area contributed by atoms with Crippen LogP contribution >= 0.6 is 0 Å². The lowest BCUT2D eigenvalue weighted by Crippen LogP contribution is -2.24. The summed E-state index contributed by atoms with van der Waals surface area (Å²) in [5.74, 6) is -1.25. The summed E-state index contributed by atoms with van der Waals surface area (Å²) in [5.41, 5.74) is 3.13. The fraction of sp³-hybridized carbons (Fsp3) is 0.286. The Bertz CT molecular complexity index is 1130. The van der Waals surface area contributed by atoms with Gasteiger partial charge in [0.2, 0.25) is 0 Å². The number of furan rings is 1. The number of nitrogens with one attached hydrogen (secondary N) is 1. The number of hydrogen-bond acceptors (Lipinski definition) is 4. The summed E-state index contributed by atoms with van der Waals surface area (Å²) in [7, 11) is 0. The minimum Gasteiger partial charge on any atom is -0.478 e. The average molecular weight is 397 g/mol. The zero-order chi connectivity index (χ0) is 20.7. The third-order valence-electron chi connectivity index (χ3n) is 5.10. The van der Waals surface area contributed by atoms with Crippen molar-refractivity contribution in [3.63, 3.8) is 0 Å². The number of carbonyl (C=O) groups is 2. The summed E-state index contributed by atoms with van der Waals surface area (Å²) in [6, 6.07) is 6.30. The van der Waals surface area contributed by atoms with Gasteiger partial charge in [0.25, 0.3) is 5.91 Å². The number of aryl methyl sites for hydroxylation is 2. The zero-order valence-corrected chi connectivity index (χ0v) is 16.1. The number of nitrogens with zero attached hydrogens (tertiary/aromatic N) is 2. The van der Waals surface area contributed by atoms with Crippen molar-refractivity contribution in [3.05, 3.63) is 69.7 Å². The van der Waals surface area contributed by atoms with E-state index in [9.17, 15) is 14.0 Å². The number of hydrogen-bond donors (Lipinski definition) is 2. The number of carboxylic acids is 1. The van der Waals surface area contributed by atoms with Crippen LogP contribution in [-0.4, -0.2) is 26.8 Å². The normalized spacial score (nSPS) is 12.8. The van der Waals surface area contributed by atoms with Gasteiger partial charge in [0.1, 0.15) is 28.6 Å². The van der Waals surface area contributed by atoms with Crippen LogP contribution in [0.5, 0.6) is 0 Å². The predicted octanol–water partition coefficient (Wildman–Crippen LogP) is 3.34. The number of carboxylic acid groups (broad SMARTS) is 1. The summed E-state index contributed by atoms with van der Waals surface area (Å²) in [4.78, 5) is 23.9. The molecule has 3 aromatic rings. The molecule has 1 aliphatic rings. The molecule has 2 N–H and O–H groups in total. The van der Waals surface area contributed by atoms with Crippen molar-refractivity contribution in [2.24, 2.45) is 0 Å². The maximum absolute atomic E-state index is 14.5. The number of aromatic carboxylic acids is 1. The smallest absolute Gasteiger partial charge is 0.339 e. The first-order valence-corrected chi connectivity index (χ1v) is 9.33. The molecule has 2 heterocycles. The quantitative estimate of drug-likeness (QED) is 0.688. The fourth-order valence-corrected chi connectivity index (χ4v) is 3.70. The minimum absolute atomic E-state index is 0.0352. The standard InChI is InChI=1S/C21H20FN3O4/c1-11-6-7-18(16(22)8-11)25-17-5-3-4-14(17)19(24-25)20(26)23-10-13-9-15(21(27)28)12(2)29-13/h6-9H,3-5,10H2,1-2H3,(H,23,26)(H,27,28). The van der Waals surface area contributed by atoms with Gasteiger partial charge >= 0.3 is 5.97 Å². The number of rotatable bonds is 5. The molecule has 0 spiro atoms. The highest BCUT2D eigenvalue weighted by Gasteiger charge is 2.28. The second kappa shape index (κ2) is 7.20. The third kappa shape index (κ3) is 3.41. The molecule has 8 heteroatoms. The average Bonchev–Trinajstić information content (AvgIpc) is 3.35. The van der Waals surface area contributed by atoms with Crippen molar-refractivity contribution in [3.8, 4) is 5.69 Å². The van der Waals surface area contributed by atoms with Gasteiger partial charge in [0.05, 0.1) is 6.54 Å². The van der Waals surface area contributed by atoms with Gasteiger partial charge in [-0.25, -0.2) is 13.9 Å². The van der Waals surface area contributed by atoms with Gasteiger partial charge in [-0.2, -0.15) is 5.10 Å². The molecular formula is C21H20FN3O4. The van der Waals surface area contributed by atoms with E-state index in [-0.39, 0.29) is 29.4 Å². The number of halogens is 1. The second-order valence-corrected chi connectivity index (χ2v) is 7.16. The Morgan fingerprint density at radius 1 is 1.28 bits per heavy atom. The lowest BCUT2D eigenvalue weighted by atomic mass is 10.2. The molecule has 2 aromatic heterocycles. The first-order chi connectivity index (χ1) is 13.8. The molecule has 7 nitrogen and oxygen atoms in total. The Morgan fingerprint density at radius 3 is 2.76 bits per heavy atom. The zero-order valence-electron chi connectivity index (χ0n) is 16.1. The van der Waals surface area contributed by atoms with Crippen molar-refractivity contribution in [1.29, 1.82) is 0 Å². The third-order valence-corrected chi connectivity index (χ3v) is 5.10. The fourth-order valence-electron chi connectivity index (χ4n) is 3.70. The monoisotopic (exact) mass is 397 g/mol. The lowest BCUT2D eigenvalue weighted by molar-refractivity contribution is 0.0694. The first kappa shape index (κ1) is 18.9. The van der Waals surface area contributed by atoms with E-state index in [2.05, 4.69) is 10.4 Å². The molecule has 1 aromatic carbocycles. The molecule has 0 bridgehead atoms. The van der Waals surface area contributed by atoms with Crippen molar-refractivity contribution in [1.82, 2.24) is 15.1 Å². The van der Waals surface area contributed by atoms with Crippen LogP contribution in [0.2, 0.25) is 0 Å². The van der Waals surface area contributed by atoms with E-state index < -0.39 is 11.9 Å². The van der Waals surface area contributed by atoms with Crippen molar-refractivity contribution in [2.75, 3.05) is 0 Å². The van der Waals surface area contributed by atoms with E-state index in [4.69, 9.17) is 9.52 Å². The van der Waals surface area contributed by atoms with Crippen LogP contribution in [0.3, 0.4) is 0 Å². The topological polar surface area (TPSA) is 97.4 Å². The molecule has 0 fully saturated rings. The molecule has 4 rings (SSSR count). The van der Waals surface area contributed by atoms with Crippen LogP contribution in [0.1, 0.15) is 55.6 Å². The number of aromatic nitrogens is 2. The van der Waals surface area contributed by atoms with E-state index in [1.807, 2.05) is 6.92 Å². The van der Waals surface area contributed by atoms with Crippen molar-refractivity contribution in [2.45, 2.75) is 39.7 Å². The minimum atomic E-state index is -1.08. The molecule has 1 aliphatic carbocycles. The van der Waals surface area contributed by atoms with Crippen LogP contribution < -0.4 is 5.32 Å². The van der Waals surface area contributed by atoms with Gasteiger partial charge in [-0.15, -0.1) is 0 Å². The van der Waals surface area contributed by atoms with Crippen LogP contribution in [0.15, 0.2) is 28.7 Å². The van der Waals surface area contributed by atoms with Gasteiger partial charge in [0, 0.05) is 11.3 Å². The summed E-state index contributed by atoms with van der Waals surface area (Å²) in [6.45, 7) is 3.40. The van der Waals surface area contributed by atoms with Gasteiger partial charge in [-0.1, -0.05) is 6.07 Å². The van der Waals surface area contributed by atoms with E-state index in [0.717, 1.165) is 29.7 Å². The van der Waals surface area contributed by atoms with E-state index in [0.29, 0.717) is 17.9 Å². The van der Waals surface area contributed by atoms with Gasteiger partial charge < -0.3 is 14.8 Å². The van der Waals surface area contributed by atoms with Gasteiger partial charge in [-0.05, 0) is 56.9 Å². The largest absolute Gasteiger partial charge is 0.478 e. The Hall–Kier alpha value is -3.42. The first-order valence-electron chi connectivity index (χ1n) is 9.33. The predicted molar refractivity (Wildman–Crippen MR) is 102 cm³/mol. The maximum atomic E-state index is 14.5. The molecule has 0 radical (unpaired) electrons. The highest BCUT2D eigenvalue weighted by Crippen LogP contribution is 2.29. The van der Waals surface area contributed by atoms with Crippen LogP contribution in [0.4, 0.5) is 4.39 Å². The Morgan fingerprint density at radius 2 is 2.07 bits per heavy atom. The van der Waals surface area contributed by atoms with Crippen molar-refractivity contribution >= 4 is 11.9 Å². The number of carbonyl (C=O) groups excluding carboxylic acids is 1. The highest BCUT2D eigenvalue weighted by molar-refractivity contribution is 5.94. The molecule has 0 saturated carbocycles. The molecule has 29 heavy (non-hydrogen) atoms. The highest BCUT2D eigenvalue weighted by atomic mass is 19.1. The van der Waals surface area contributed by atoms with E-state index in [1.165, 1.54) is 16.8 Å². The van der Waals surface area contributed by atoms with Gasteiger partial charge in [-0.3, -0.25) is 4.79 Å². The molecular weight excluding hydrogens is 377 g/mol. The second-order valence-electron chi connectivity index (χ2n) is 7.16. The number of fused-ring (bicyclic) bond motifs is 1. The Kier molecular flexibility index (Phi) is 4.70. The molecule has 0 saturated heterocycles. The summed E-state index contributed by atoms with van der Waals surface area (Å²) >= 11 is 0. The number of amides is 1. The molecule has 1 amide bonds. The Labute approximate surface area is 166 Å². The van der Waals surface area contributed by atoms with E-state index in [1.54, 1.807) is 19.1 Å². The molecule has 0 aliphatic heterocycles. The SMILES string of the molecule is Cc1ccc(-n2nc(C(=O)NCc3cc(C(=O)O)c(C)o3)c3c2CCC3)c(F)c1. The van der Waals surface area contributed by atoms with Crippen LogP contribution in [0, 0.1) is 19.7 Å². The van der Waals surface area contributed by atoms with Gasteiger partial charge in [0.15, 0.2) is 5.69 Å². The van der Waals surface area contributed by atoms with Crippen LogP contribution in [-0.2, 0) is 19.4 Å². The molecule has 0 unspecified atom stereocenters. The summed E-state index contributed by atoms with van der Waals surface area (Å²) in [5, 5.41) is 16.2. The molecule has 150 valence electrons. The van der Waals surface area contributed by atoms with Crippen molar-refractivity contribution < 1.29 is 23.5 Å². The lowest BCUT2D eigenvalue weighted by Gasteiger charge is -2.07. The molecule has 0 atom stereocenters.